The highest BCUT2D eigenvalue weighted by atomic mass is 16.3. The molecule has 2 amide bonds. The predicted octanol–water partition coefficient (Wildman–Crippen LogP) is -0.528. The molecule has 6 nitrogen and oxygen atoms in total. The van der Waals surface area contributed by atoms with Crippen LogP contribution in [0.15, 0.2) is 0 Å². The molecular formula is C14H25N3O3. The van der Waals surface area contributed by atoms with E-state index in [2.05, 4.69) is 10.6 Å². The third-order valence-corrected chi connectivity index (χ3v) is 4.10. The van der Waals surface area contributed by atoms with E-state index in [0.717, 1.165) is 19.4 Å². The van der Waals surface area contributed by atoms with Crippen LogP contribution < -0.4 is 10.6 Å². The molecule has 3 unspecified atom stereocenters. The second-order valence-electron chi connectivity index (χ2n) is 6.37. The third-order valence-electron chi connectivity index (χ3n) is 4.10. The average molecular weight is 283 g/mol. The Morgan fingerprint density at radius 1 is 1.50 bits per heavy atom. The number of hydrogen-bond acceptors (Lipinski definition) is 4. The van der Waals surface area contributed by atoms with Gasteiger partial charge in [0, 0.05) is 13.1 Å². The lowest BCUT2D eigenvalue weighted by molar-refractivity contribution is -0.164. The van der Waals surface area contributed by atoms with Crippen LogP contribution in [-0.2, 0) is 9.59 Å². The van der Waals surface area contributed by atoms with Crippen molar-refractivity contribution in [2.24, 2.45) is 5.92 Å². The Hall–Kier alpha value is -1.14. The zero-order valence-corrected chi connectivity index (χ0v) is 12.5. The summed E-state index contributed by atoms with van der Waals surface area (Å²) in [4.78, 5) is 26.0. The zero-order valence-electron chi connectivity index (χ0n) is 12.5. The summed E-state index contributed by atoms with van der Waals surface area (Å²) in [7, 11) is 0. The molecule has 0 aliphatic carbocycles. The third kappa shape index (κ3) is 2.67. The molecule has 0 bridgehead atoms. The lowest BCUT2D eigenvalue weighted by Crippen LogP contribution is -2.76. The SMILES string of the molecule is CC(C)CNC(=O)C(C(C)O)N1CC2(CCCN2)C1=O. The van der Waals surface area contributed by atoms with Gasteiger partial charge in [-0.05, 0) is 32.2 Å². The molecule has 0 radical (unpaired) electrons. The number of rotatable bonds is 5. The molecule has 20 heavy (non-hydrogen) atoms. The van der Waals surface area contributed by atoms with Crippen LogP contribution in [0.1, 0.15) is 33.6 Å². The monoisotopic (exact) mass is 283 g/mol. The van der Waals surface area contributed by atoms with Gasteiger partial charge in [0.05, 0.1) is 6.10 Å². The van der Waals surface area contributed by atoms with Crippen LogP contribution in [0, 0.1) is 5.92 Å². The number of carbonyl (C=O) groups excluding carboxylic acids is 2. The first-order valence-electron chi connectivity index (χ1n) is 7.39. The molecule has 114 valence electrons. The minimum absolute atomic E-state index is 0.0550. The first-order valence-corrected chi connectivity index (χ1v) is 7.39. The minimum Gasteiger partial charge on any atom is -0.391 e. The summed E-state index contributed by atoms with van der Waals surface area (Å²) in [6.07, 6.45) is 0.936. The Labute approximate surface area is 119 Å². The fraction of sp³-hybridized carbons (Fsp3) is 0.857. The van der Waals surface area contributed by atoms with Crippen LogP contribution in [0.5, 0.6) is 0 Å². The van der Waals surface area contributed by atoms with Crippen molar-refractivity contribution in [3.8, 4) is 0 Å². The molecule has 3 N–H and O–H groups in total. The van der Waals surface area contributed by atoms with Gasteiger partial charge in [0.25, 0.3) is 0 Å². The molecule has 3 atom stereocenters. The molecule has 2 aliphatic rings. The van der Waals surface area contributed by atoms with Crippen molar-refractivity contribution < 1.29 is 14.7 Å². The maximum atomic E-state index is 12.3. The number of hydrogen-bond donors (Lipinski definition) is 3. The van der Waals surface area contributed by atoms with Gasteiger partial charge in [-0.3, -0.25) is 9.59 Å². The Bertz CT molecular complexity index is 389. The second kappa shape index (κ2) is 5.69. The van der Waals surface area contributed by atoms with Crippen LogP contribution in [-0.4, -0.2) is 59.1 Å². The number of nitrogens with one attached hydrogen (secondary N) is 2. The minimum atomic E-state index is -0.870. The molecule has 2 heterocycles. The van der Waals surface area contributed by atoms with Crippen LogP contribution in [0.4, 0.5) is 0 Å². The maximum absolute atomic E-state index is 12.3. The van der Waals surface area contributed by atoms with Crippen LogP contribution in [0.3, 0.4) is 0 Å². The van der Waals surface area contributed by atoms with E-state index >= 15 is 0 Å². The van der Waals surface area contributed by atoms with E-state index in [1.54, 1.807) is 6.92 Å². The van der Waals surface area contributed by atoms with Gasteiger partial charge in [-0.25, -0.2) is 0 Å². The lowest BCUT2D eigenvalue weighted by Gasteiger charge is -2.50. The first kappa shape index (κ1) is 15.3. The smallest absolute Gasteiger partial charge is 0.245 e. The van der Waals surface area contributed by atoms with Crippen LogP contribution in [0.2, 0.25) is 0 Å². The number of carbonyl (C=O) groups is 2. The Balaban J connectivity index is 2.00. The highest BCUT2D eigenvalue weighted by Gasteiger charge is 2.57. The molecule has 0 aromatic carbocycles. The molecule has 2 aliphatic heterocycles. The van der Waals surface area contributed by atoms with Crippen LogP contribution >= 0.6 is 0 Å². The van der Waals surface area contributed by atoms with E-state index in [1.165, 1.54) is 4.90 Å². The summed E-state index contributed by atoms with van der Waals surface area (Å²) in [6.45, 7) is 7.47. The van der Waals surface area contributed by atoms with Gasteiger partial charge in [-0.2, -0.15) is 0 Å². The summed E-state index contributed by atoms with van der Waals surface area (Å²) in [5.74, 6) is 0.0130. The molecule has 2 fully saturated rings. The highest BCUT2D eigenvalue weighted by molar-refractivity contribution is 5.97. The largest absolute Gasteiger partial charge is 0.391 e. The Morgan fingerprint density at radius 2 is 2.20 bits per heavy atom. The van der Waals surface area contributed by atoms with Crippen molar-refractivity contribution >= 4 is 11.8 Å². The number of β-lactam (4-membered cyclic amide) rings is 1. The van der Waals surface area contributed by atoms with E-state index in [0.29, 0.717) is 19.0 Å². The maximum Gasteiger partial charge on any atom is 0.245 e. The quantitative estimate of drug-likeness (QED) is 0.593. The second-order valence-corrected chi connectivity index (χ2v) is 6.37. The predicted molar refractivity (Wildman–Crippen MR) is 75.0 cm³/mol. The summed E-state index contributed by atoms with van der Waals surface area (Å²) in [5, 5.41) is 15.9. The number of nitrogens with zero attached hydrogens (tertiary/aromatic N) is 1. The highest BCUT2D eigenvalue weighted by Crippen LogP contribution is 2.33. The fourth-order valence-electron chi connectivity index (χ4n) is 2.99. The van der Waals surface area contributed by atoms with Crippen molar-refractivity contribution in [3.63, 3.8) is 0 Å². The van der Waals surface area contributed by atoms with Gasteiger partial charge in [-0.15, -0.1) is 0 Å². The average Bonchev–Trinajstić information content (AvgIpc) is 2.86. The molecule has 2 saturated heterocycles. The molecule has 0 saturated carbocycles. The molecule has 1 spiro atoms. The molecule has 6 heteroatoms. The van der Waals surface area contributed by atoms with E-state index in [-0.39, 0.29) is 11.8 Å². The Morgan fingerprint density at radius 3 is 2.65 bits per heavy atom. The standard InChI is InChI=1S/C14H25N3O3/c1-9(2)7-15-12(19)11(10(3)18)17-8-14(13(17)20)5-4-6-16-14/h9-11,16,18H,4-8H2,1-3H3,(H,15,19). The number of amides is 2. The van der Waals surface area contributed by atoms with E-state index < -0.39 is 17.7 Å². The molecular weight excluding hydrogens is 258 g/mol. The number of aliphatic hydroxyl groups is 1. The lowest BCUT2D eigenvalue weighted by atomic mass is 9.84. The van der Waals surface area contributed by atoms with E-state index in [4.69, 9.17) is 0 Å². The van der Waals surface area contributed by atoms with Gasteiger partial charge < -0.3 is 20.6 Å². The molecule has 0 aromatic rings. The summed E-state index contributed by atoms with van der Waals surface area (Å²) >= 11 is 0. The summed E-state index contributed by atoms with van der Waals surface area (Å²) < 4.78 is 0. The van der Waals surface area contributed by atoms with Crippen molar-refractivity contribution in [2.75, 3.05) is 19.6 Å². The molecule has 0 aromatic heterocycles. The van der Waals surface area contributed by atoms with Gasteiger partial charge in [0.15, 0.2) is 0 Å². The van der Waals surface area contributed by atoms with Crippen molar-refractivity contribution in [3.05, 3.63) is 0 Å². The number of aliphatic hydroxyl groups excluding tert-OH is 1. The van der Waals surface area contributed by atoms with E-state index in [9.17, 15) is 14.7 Å². The zero-order chi connectivity index (χ0) is 14.9. The summed E-state index contributed by atoms with van der Waals surface area (Å²) in [6, 6.07) is -0.783. The van der Waals surface area contributed by atoms with Gasteiger partial charge in [0.1, 0.15) is 11.6 Å². The van der Waals surface area contributed by atoms with Gasteiger partial charge in [0.2, 0.25) is 11.8 Å². The first-order chi connectivity index (χ1) is 9.37. The van der Waals surface area contributed by atoms with Gasteiger partial charge >= 0.3 is 0 Å². The number of likely N-dealkylation sites (tertiary alicyclic amines) is 1. The van der Waals surface area contributed by atoms with Crippen molar-refractivity contribution in [1.29, 1.82) is 0 Å². The van der Waals surface area contributed by atoms with Crippen LogP contribution in [0.25, 0.3) is 0 Å². The van der Waals surface area contributed by atoms with Gasteiger partial charge in [-0.1, -0.05) is 13.8 Å². The topological polar surface area (TPSA) is 81.7 Å². The normalized spacial score (nSPS) is 28.6. The molecule has 2 rings (SSSR count). The van der Waals surface area contributed by atoms with Crippen molar-refractivity contribution in [1.82, 2.24) is 15.5 Å². The van der Waals surface area contributed by atoms with E-state index in [1.807, 2.05) is 13.8 Å². The fourth-order valence-corrected chi connectivity index (χ4v) is 2.99. The summed E-state index contributed by atoms with van der Waals surface area (Å²) in [5.41, 5.74) is -0.467. The van der Waals surface area contributed by atoms with Crippen molar-refractivity contribution in [2.45, 2.75) is 51.3 Å². The Kier molecular flexibility index (Phi) is 4.34.